The molecule has 0 aromatic carbocycles. The quantitative estimate of drug-likeness (QED) is 0.866. The van der Waals surface area contributed by atoms with Gasteiger partial charge >= 0.3 is 0 Å². The molecule has 1 rings (SSSR count). The molecule has 0 spiro atoms. The maximum absolute atomic E-state index is 12.0. The predicted octanol–water partition coefficient (Wildman–Crippen LogP) is 2.96. The highest BCUT2D eigenvalue weighted by Crippen LogP contribution is 2.18. The summed E-state index contributed by atoms with van der Waals surface area (Å²) in [5.41, 5.74) is 5.86. The van der Waals surface area contributed by atoms with Crippen molar-refractivity contribution in [2.45, 2.75) is 32.7 Å². The molecule has 18 heavy (non-hydrogen) atoms. The number of hydrogen-bond donors (Lipinski definition) is 2. The number of nitrogens with two attached hydrogens (primary N) is 1. The van der Waals surface area contributed by atoms with E-state index in [9.17, 15) is 4.79 Å². The summed E-state index contributed by atoms with van der Waals surface area (Å²) in [4.78, 5) is 12.0. The Morgan fingerprint density at radius 1 is 1.61 bits per heavy atom. The van der Waals surface area contributed by atoms with Crippen molar-refractivity contribution in [2.24, 2.45) is 11.7 Å². The molecule has 0 bridgehead atoms. The molecule has 0 fully saturated rings. The number of carbonyl (C=O) groups excluding carboxylic acids is 1. The van der Waals surface area contributed by atoms with Gasteiger partial charge < -0.3 is 15.5 Å². The molecule has 1 unspecified atom stereocenters. The van der Waals surface area contributed by atoms with E-state index < -0.39 is 0 Å². The van der Waals surface area contributed by atoms with E-state index >= 15 is 0 Å². The highest BCUT2D eigenvalue weighted by Gasteiger charge is 2.26. The Balaban J connectivity index is 0.00000289. The third kappa shape index (κ3) is 5.00. The van der Waals surface area contributed by atoms with Crippen LogP contribution in [0.1, 0.15) is 37.6 Å². The molecule has 0 saturated heterocycles. The van der Waals surface area contributed by atoms with Gasteiger partial charge in [0.05, 0.1) is 5.56 Å². The van der Waals surface area contributed by atoms with Crippen LogP contribution in [-0.4, -0.2) is 18.0 Å². The lowest BCUT2D eigenvalue weighted by Crippen LogP contribution is -2.52. The van der Waals surface area contributed by atoms with E-state index in [0.29, 0.717) is 22.7 Å². The number of hydrogen-bond acceptors (Lipinski definition) is 3. The van der Waals surface area contributed by atoms with E-state index in [4.69, 9.17) is 10.2 Å². The maximum Gasteiger partial charge on any atom is 0.255 e. The number of furan rings is 1. The minimum absolute atomic E-state index is 0. The van der Waals surface area contributed by atoms with Crippen molar-refractivity contribution in [3.05, 3.63) is 22.6 Å². The van der Waals surface area contributed by atoms with Crippen LogP contribution in [-0.2, 0) is 0 Å². The lowest BCUT2D eigenvalue weighted by molar-refractivity contribution is 0.0897. The lowest BCUT2D eigenvalue weighted by atomic mass is 9.90. The highest BCUT2D eigenvalue weighted by atomic mass is 79.9. The summed E-state index contributed by atoms with van der Waals surface area (Å²) in [5.74, 6) is 0.313. The molecule has 1 heterocycles. The van der Waals surface area contributed by atoms with Crippen LogP contribution in [0.3, 0.4) is 0 Å². The van der Waals surface area contributed by atoms with Gasteiger partial charge in [-0.25, -0.2) is 0 Å². The minimum Gasteiger partial charge on any atom is -0.457 e. The molecular weight excluding hydrogens is 320 g/mol. The summed E-state index contributed by atoms with van der Waals surface area (Å²) >= 11 is 3.17. The van der Waals surface area contributed by atoms with Crippen molar-refractivity contribution in [2.75, 3.05) is 6.54 Å². The first-order valence-corrected chi connectivity index (χ1v) is 6.42. The number of carbonyl (C=O) groups is 1. The largest absolute Gasteiger partial charge is 0.457 e. The van der Waals surface area contributed by atoms with Crippen LogP contribution in [0.4, 0.5) is 0 Å². The van der Waals surface area contributed by atoms with Crippen LogP contribution in [0.15, 0.2) is 21.4 Å². The first kappa shape index (κ1) is 17.5. The van der Waals surface area contributed by atoms with E-state index in [0.717, 1.165) is 6.42 Å². The van der Waals surface area contributed by atoms with Crippen molar-refractivity contribution in [3.63, 3.8) is 0 Å². The summed E-state index contributed by atoms with van der Waals surface area (Å²) < 4.78 is 5.58. The second-order valence-corrected chi connectivity index (χ2v) is 5.74. The molecule has 0 aliphatic rings. The number of amides is 1. The van der Waals surface area contributed by atoms with Crippen molar-refractivity contribution in [1.82, 2.24) is 5.32 Å². The van der Waals surface area contributed by atoms with Gasteiger partial charge in [0.2, 0.25) is 0 Å². The Labute approximate surface area is 122 Å². The summed E-state index contributed by atoms with van der Waals surface area (Å²) in [6.45, 7) is 6.58. The van der Waals surface area contributed by atoms with Crippen LogP contribution in [0.2, 0.25) is 0 Å². The Bertz CT molecular complexity index is 395. The zero-order chi connectivity index (χ0) is 13.1. The fourth-order valence-corrected chi connectivity index (χ4v) is 2.20. The van der Waals surface area contributed by atoms with Gasteiger partial charge in [0, 0.05) is 18.2 Å². The van der Waals surface area contributed by atoms with Gasteiger partial charge in [-0.2, -0.15) is 0 Å². The van der Waals surface area contributed by atoms with Crippen molar-refractivity contribution < 1.29 is 9.21 Å². The molecule has 3 N–H and O–H groups in total. The van der Waals surface area contributed by atoms with Crippen molar-refractivity contribution >= 4 is 34.2 Å². The van der Waals surface area contributed by atoms with Gasteiger partial charge in [0.25, 0.3) is 5.91 Å². The van der Waals surface area contributed by atoms with E-state index in [1.54, 1.807) is 6.07 Å². The van der Waals surface area contributed by atoms with E-state index in [1.165, 1.54) is 6.26 Å². The highest BCUT2D eigenvalue weighted by molar-refractivity contribution is 9.10. The summed E-state index contributed by atoms with van der Waals surface area (Å²) in [7, 11) is 0. The molecule has 0 aliphatic heterocycles. The molecule has 6 heteroatoms. The van der Waals surface area contributed by atoms with Crippen LogP contribution >= 0.6 is 28.3 Å². The zero-order valence-corrected chi connectivity index (χ0v) is 13.2. The van der Waals surface area contributed by atoms with Crippen LogP contribution in [0.5, 0.6) is 0 Å². The van der Waals surface area contributed by atoms with Gasteiger partial charge in [-0.1, -0.05) is 13.8 Å². The Hall–Kier alpha value is -0.520. The lowest BCUT2D eigenvalue weighted by Gasteiger charge is -2.31. The standard InChI is InChI=1S/C12H19BrN2O2.ClH/c1-8(2)5-12(3,7-14)15-11(16)9-4-10(13)17-6-9;/h4,6,8H,5,7,14H2,1-3H3,(H,15,16);1H. The van der Waals surface area contributed by atoms with Crippen LogP contribution in [0, 0.1) is 5.92 Å². The van der Waals surface area contributed by atoms with Crippen molar-refractivity contribution in [3.8, 4) is 0 Å². The second-order valence-electron chi connectivity index (χ2n) is 4.96. The van der Waals surface area contributed by atoms with Crippen LogP contribution in [0.25, 0.3) is 0 Å². The average molecular weight is 340 g/mol. The maximum atomic E-state index is 12.0. The smallest absolute Gasteiger partial charge is 0.255 e. The first-order chi connectivity index (χ1) is 7.86. The molecule has 1 aromatic heterocycles. The fourth-order valence-electron chi connectivity index (χ4n) is 1.86. The average Bonchev–Trinajstić information content (AvgIpc) is 2.63. The number of nitrogens with one attached hydrogen (secondary N) is 1. The summed E-state index contributed by atoms with van der Waals surface area (Å²) in [6, 6.07) is 1.64. The molecule has 0 aliphatic carbocycles. The normalized spacial score (nSPS) is 13.9. The van der Waals surface area contributed by atoms with Gasteiger partial charge in [0.1, 0.15) is 6.26 Å². The zero-order valence-electron chi connectivity index (χ0n) is 10.8. The monoisotopic (exact) mass is 338 g/mol. The Morgan fingerprint density at radius 3 is 2.61 bits per heavy atom. The topological polar surface area (TPSA) is 68.3 Å². The molecular formula is C12H20BrClN2O2. The Kier molecular flexibility index (Phi) is 6.96. The van der Waals surface area contributed by atoms with Crippen LogP contribution < -0.4 is 11.1 Å². The first-order valence-electron chi connectivity index (χ1n) is 5.63. The van der Waals surface area contributed by atoms with Gasteiger partial charge in [-0.15, -0.1) is 12.4 Å². The third-order valence-corrected chi connectivity index (χ3v) is 2.97. The molecule has 104 valence electrons. The minimum atomic E-state index is -0.380. The summed E-state index contributed by atoms with van der Waals surface area (Å²) in [5, 5.41) is 2.96. The molecule has 1 aromatic rings. The van der Waals surface area contributed by atoms with Gasteiger partial charge in [0.15, 0.2) is 4.67 Å². The molecule has 0 radical (unpaired) electrons. The van der Waals surface area contributed by atoms with Gasteiger partial charge in [-0.05, 0) is 35.2 Å². The van der Waals surface area contributed by atoms with E-state index in [1.807, 2.05) is 6.92 Å². The predicted molar refractivity (Wildman–Crippen MR) is 78.0 cm³/mol. The molecule has 1 amide bonds. The number of rotatable bonds is 5. The summed E-state index contributed by atoms with van der Waals surface area (Å²) in [6.07, 6.45) is 2.26. The SMILES string of the molecule is CC(C)CC(C)(CN)NC(=O)c1coc(Br)c1.Cl. The van der Waals surface area contributed by atoms with Crippen molar-refractivity contribution in [1.29, 1.82) is 0 Å². The number of halogens is 2. The Morgan fingerprint density at radius 2 is 2.22 bits per heavy atom. The fraction of sp³-hybridized carbons (Fsp3) is 0.583. The molecule has 0 saturated carbocycles. The van der Waals surface area contributed by atoms with E-state index in [2.05, 4.69) is 35.1 Å². The molecule has 1 atom stereocenters. The van der Waals surface area contributed by atoms with Gasteiger partial charge in [-0.3, -0.25) is 4.79 Å². The van der Waals surface area contributed by atoms with E-state index in [-0.39, 0.29) is 23.9 Å². The second kappa shape index (κ2) is 7.16. The third-order valence-electron chi connectivity index (χ3n) is 2.55. The molecule has 4 nitrogen and oxygen atoms in total.